The zero-order chi connectivity index (χ0) is 19.7. The molecule has 1 heterocycles. The minimum absolute atomic E-state index is 0.0473. The van der Waals surface area contributed by atoms with Crippen LogP contribution in [-0.2, 0) is 0 Å². The summed E-state index contributed by atoms with van der Waals surface area (Å²) in [5.74, 6) is -0.387. The molecule has 8 heteroatoms. The van der Waals surface area contributed by atoms with Crippen LogP contribution in [0, 0.1) is 0 Å². The molecule has 8 nitrogen and oxygen atoms in total. The summed E-state index contributed by atoms with van der Waals surface area (Å²) in [6.07, 6.45) is 0. The maximum atomic E-state index is 12.7. The van der Waals surface area contributed by atoms with Gasteiger partial charge in [-0.25, -0.2) is 0 Å². The smallest absolute Gasteiger partial charge is 0.208 e. The standard InChI is InChI=1S/C19H18O8/c1-23-11-6-5-9(7-13(11)24-2)12-8-10(20)14-17(25-3)15(21)16(22)19(26-4)18(14)27-12/h5-8,21-22H,1-4H3. The molecule has 142 valence electrons. The van der Waals surface area contributed by atoms with Crippen molar-refractivity contribution in [2.24, 2.45) is 0 Å². The molecule has 0 bridgehead atoms. The first-order chi connectivity index (χ1) is 13.0. The number of hydrogen-bond donors (Lipinski definition) is 2. The monoisotopic (exact) mass is 374 g/mol. The fraction of sp³-hybridized carbons (Fsp3) is 0.211. The summed E-state index contributed by atoms with van der Waals surface area (Å²) in [5.41, 5.74) is 0.00801. The second kappa shape index (κ2) is 6.99. The van der Waals surface area contributed by atoms with Crippen molar-refractivity contribution in [1.82, 2.24) is 0 Å². The SMILES string of the molecule is COc1ccc(-c2cc(=O)c3c(OC)c(O)c(O)c(OC)c3o2)cc1OC. The quantitative estimate of drug-likeness (QED) is 0.657. The maximum absolute atomic E-state index is 12.7. The van der Waals surface area contributed by atoms with Crippen molar-refractivity contribution in [3.63, 3.8) is 0 Å². The third kappa shape index (κ3) is 2.84. The molecule has 27 heavy (non-hydrogen) atoms. The zero-order valence-corrected chi connectivity index (χ0v) is 15.2. The van der Waals surface area contributed by atoms with Gasteiger partial charge in [0.15, 0.2) is 28.3 Å². The summed E-state index contributed by atoms with van der Waals surface area (Å²) in [4.78, 5) is 12.7. The minimum atomic E-state index is -0.604. The van der Waals surface area contributed by atoms with E-state index in [4.69, 9.17) is 23.4 Å². The van der Waals surface area contributed by atoms with E-state index in [2.05, 4.69) is 0 Å². The van der Waals surface area contributed by atoms with Gasteiger partial charge in [-0.15, -0.1) is 0 Å². The molecule has 0 unspecified atom stereocenters. The topological polar surface area (TPSA) is 108 Å². The van der Waals surface area contributed by atoms with Crippen molar-refractivity contribution in [3.8, 4) is 45.8 Å². The second-order valence-electron chi connectivity index (χ2n) is 5.51. The molecule has 1 aromatic heterocycles. The van der Waals surface area contributed by atoms with Crippen LogP contribution in [0.5, 0.6) is 34.5 Å². The average molecular weight is 374 g/mol. The summed E-state index contributed by atoms with van der Waals surface area (Å²) in [6.45, 7) is 0. The Morgan fingerprint density at radius 3 is 2.04 bits per heavy atom. The van der Waals surface area contributed by atoms with Crippen molar-refractivity contribution < 1.29 is 33.6 Å². The van der Waals surface area contributed by atoms with Crippen LogP contribution in [0.4, 0.5) is 0 Å². The van der Waals surface area contributed by atoms with E-state index in [1.54, 1.807) is 18.2 Å². The number of ether oxygens (including phenoxy) is 4. The van der Waals surface area contributed by atoms with Crippen molar-refractivity contribution in [2.75, 3.05) is 28.4 Å². The van der Waals surface area contributed by atoms with Crippen molar-refractivity contribution in [3.05, 3.63) is 34.5 Å². The molecule has 3 aromatic rings. The molecule has 0 saturated heterocycles. The van der Waals surface area contributed by atoms with Crippen molar-refractivity contribution in [2.45, 2.75) is 0 Å². The van der Waals surface area contributed by atoms with Gasteiger partial charge in [0, 0.05) is 11.6 Å². The molecule has 0 spiro atoms. The highest BCUT2D eigenvalue weighted by atomic mass is 16.5. The number of hydrogen-bond acceptors (Lipinski definition) is 8. The maximum Gasteiger partial charge on any atom is 0.208 e. The van der Waals surface area contributed by atoms with Gasteiger partial charge in [0.2, 0.25) is 17.2 Å². The number of rotatable bonds is 5. The summed E-state index contributed by atoms with van der Waals surface area (Å²) >= 11 is 0. The molecule has 0 aliphatic carbocycles. The Hall–Kier alpha value is -3.55. The molecule has 0 radical (unpaired) electrons. The highest BCUT2D eigenvalue weighted by Gasteiger charge is 2.25. The molecular weight excluding hydrogens is 356 g/mol. The fourth-order valence-electron chi connectivity index (χ4n) is 2.83. The van der Waals surface area contributed by atoms with Gasteiger partial charge in [-0.3, -0.25) is 4.79 Å². The lowest BCUT2D eigenvalue weighted by Crippen LogP contribution is -2.04. The molecule has 0 aliphatic rings. The van der Waals surface area contributed by atoms with Crippen LogP contribution >= 0.6 is 0 Å². The van der Waals surface area contributed by atoms with E-state index >= 15 is 0 Å². The van der Waals surface area contributed by atoms with Crippen molar-refractivity contribution >= 4 is 11.0 Å². The van der Waals surface area contributed by atoms with Gasteiger partial charge in [-0.2, -0.15) is 0 Å². The summed E-state index contributed by atoms with van der Waals surface area (Å²) in [6, 6.07) is 6.26. The first kappa shape index (κ1) is 18.2. The third-order valence-corrected chi connectivity index (χ3v) is 4.11. The number of methoxy groups -OCH3 is 4. The Labute approximate surface area is 154 Å². The van der Waals surface area contributed by atoms with E-state index in [1.165, 1.54) is 34.5 Å². The second-order valence-corrected chi connectivity index (χ2v) is 5.51. The Morgan fingerprint density at radius 1 is 0.815 bits per heavy atom. The van der Waals surface area contributed by atoms with Gasteiger partial charge in [-0.1, -0.05) is 0 Å². The predicted molar refractivity (Wildman–Crippen MR) is 97.5 cm³/mol. The van der Waals surface area contributed by atoms with Crippen LogP contribution in [0.15, 0.2) is 33.5 Å². The predicted octanol–water partition coefficient (Wildman–Crippen LogP) is 2.91. The number of phenols is 2. The van der Waals surface area contributed by atoms with Gasteiger partial charge in [0.1, 0.15) is 11.1 Å². The summed E-state index contributed by atoms with van der Waals surface area (Å²) < 4.78 is 26.5. The highest BCUT2D eigenvalue weighted by molar-refractivity contribution is 5.95. The Bertz CT molecular complexity index is 1070. The van der Waals surface area contributed by atoms with Crippen LogP contribution in [-0.4, -0.2) is 38.7 Å². The van der Waals surface area contributed by atoms with E-state index in [0.717, 1.165) is 0 Å². The van der Waals surface area contributed by atoms with Gasteiger partial charge >= 0.3 is 0 Å². The first-order valence-electron chi connectivity index (χ1n) is 7.82. The lowest BCUT2D eigenvalue weighted by Gasteiger charge is -2.14. The third-order valence-electron chi connectivity index (χ3n) is 4.11. The molecule has 0 fully saturated rings. The van der Waals surface area contributed by atoms with Crippen molar-refractivity contribution in [1.29, 1.82) is 0 Å². The normalized spacial score (nSPS) is 10.7. The fourth-order valence-corrected chi connectivity index (χ4v) is 2.83. The van der Waals surface area contributed by atoms with E-state index < -0.39 is 16.9 Å². The van der Waals surface area contributed by atoms with E-state index in [9.17, 15) is 15.0 Å². The molecule has 2 N–H and O–H groups in total. The number of phenolic OH excluding ortho intramolecular Hbond substituents is 2. The van der Waals surface area contributed by atoms with E-state index in [1.807, 2.05) is 0 Å². The molecular formula is C19H18O8. The minimum Gasteiger partial charge on any atom is -0.502 e. The van der Waals surface area contributed by atoms with Crippen LogP contribution < -0.4 is 24.4 Å². The van der Waals surface area contributed by atoms with Gasteiger partial charge in [0.25, 0.3) is 0 Å². The van der Waals surface area contributed by atoms with Gasteiger partial charge in [-0.05, 0) is 18.2 Å². The lowest BCUT2D eigenvalue weighted by atomic mass is 10.1. The molecule has 0 atom stereocenters. The molecule has 0 amide bonds. The Balaban J connectivity index is 2.35. The first-order valence-corrected chi connectivity index (χ1v) is 7.82. The van der Waals surface area contributed by atoms with Crippen LogP contribution in [0.25, 0.3) is 22.3 Å². The van der Waals surface area contributed by atoms with Crippen LogP contribution in [0.1, 0.15) is 0 Å². The Morgan fingerprint density at radius 2 is 1.44 bits per heavy atom. The number of fused-ring (bicyclic) bond motifs is 1. The largest absolute Gasteiger partial charge is 0.502 e. The number of benzene rings is 2. The van der Waals surface area contributed by atoms with E-state index in [-0.39, 0.29) is 28.2 Å². The van der Waals surface area contributed by atoms with Crippen LogP contribution in [0.2, 0.25) is 0 Å². The highest BCUT2D eigenvalue weighted by Crippen LogP contribution is 2.49. The Kier molecular flexibility index (Phi) is 4.72. The summed E-state index contributed by atoms with van der Waals surface area (Å²) in [5, 5.41) is 20.2. The molecule has 0 saturated carbocycles. The molecule has 0 aliphatic heterocycles. The molecule has 2 aromatic carbocycles. The zero-order valence-electron chi connectivity index (χ0n) is 15.2. The summed E-state index contributed by atoms with van der Waals surface area (Å²) in [7, 11) is 5.55. The number of aromatic hydroxyl groups is 2. The van der Waals surface area contributed by atoms with Gasteiger partial charge < -0.3 is 33.6 Å². The van der Waals surface area contributed by atoms with Crippen LogP contribution in [0.3, 0.4) is 0 Å². The molecule has 3 rings (SSSR count). The van der Waals surface area contributed by atoms with E-state index in [0.29, 0.717) is 17.1 Å². The average Bonchev–Trinajstić information content (AvgIpc) is 2.68. The lowest BCUT2D eigenvalue weighted by molar-refractivity contribution is 0.329. The van der Waals surface area contributed by atoms with Gasteiger partial charge in [0.05, 0.1) is 28.4 Å².